The van der Waals surface area contributed by atoms with E-state index in [4.69, 9.17) is 0 Å². The van der Waals surface area contributed by atoms with Crippen molar-refractivity contribution in [3.05, 3.63) is 35.9 Å². The van der Waals surface area contributed by atoms with Gasteiger partial charge in [-0.15, -0.1) is 0 Å². The first-order valence-corrected chi connectivity index (χ1v) is 5.78. The fourth-order valence-electron chi connectivity index (χ4n) is 1.97. The lowest BCUT2D eigenvalue weighted by Gasteiger charge is -2.31. The van der Waals surface area contributed by atoms with E-state index >= 15 is 0 Å². The van der Waals surface area contributed by atoms with Gasteiger partial charge in [0.25, 0.3) is 0 Å². The van der Waals surface area contributed by atoms with Crippen LogP contribution in [0.1, 0.15) is 5.56 Å². The minimum Gasteiger partial charge on any atom is -0.316 e. The van der Waals surface area contributed by atoms with Gasteiger partial charge in [-0.25, -0.2) is 0 Å². The second kappa shape index (κ2) is 5.29. The Hall–Kier alpha value is -0.860. The molecule has 1 aliphatic heterocycles. The van der Waals surface area contributed by atoms with Gasteiger partial charge in [-0.05, 0) is 24.9 Å². The van der Waals surface area contributed by atoms with Crippen LogP contribution in [-0.4, -0.2) is 38.1 Å². The molecule has 1 aromatic carbocycles. The maximum absolute atomic E-state index is 3.31. The van der Waals surface area contributed by atoms with Crippen LogP contribution in [0.25, 0.3) is 0 Å². The van der Waals surface area contributed by atoms with Gasteiger partial charge in [0.15, 0.2) is 0 Å². The highest BCUT2D eigenvalue weighted by Gasteiger charge is 2.17. The molecule has 1 heterocycles. The van der Waals surface area contributed by atoms with E-state index in [0.29, 0.717) is 0 Å². The van der Waals surface area contributed by atoms with Crippen LogP contribution < -0.4 is 5.32 Å². The highest BCUT2D eigenvalue weighted by Crippen LogP contribution is 2.06. The molecule has 0 amide bonds. The lowest BCUT2D eigenvalue weighted by molar-refractivity contribution is 0.226. The first kappa shape index (κ1) is 10.7. The highest BCUT2D eigenvalue weighted by molar-refractivity contribution is 5.14. The maximum atomic E-state index is 3.31. The molecule has 82 valence electrons. The monoisotopic (exact) mass is 204 g/mol. The molecule has 2 nitrogen and oxygen atoms in total. The van der Waals surface area contributed by atoms with Crippen molar-refractivity contribution in [2.75, 3.05) is 33.2 Å². The van der Waals surface area contributed by atoms with Gasteiger partial charge >= 0.3 is 0 Å². The summed E-state index contributed by atoms with van der Waals surface area (Å²) in [6.07, 6.45) is 1.16. The molecule has 1 saturated heterocycles. The van der Waals surface area contributed by atoms with Crippen molar-refractivity contribution in [3.63, 3.8) is 0 Å². The topological polar surface area (TPSA) is 15.3 Å². The predicted octanol–water partition coefficient (Wildman–Crippen LogP) is 1.38. The summed E-state index contributed by atoms with van der Waals surface area (Å²) in [5, 5.41) is 3.31. The third-order valence-corrected chi connectivity index (χ3v) is 3.06. The van der Waals surface area contributed by atoms with Crippen LogP contribution in [0, 0.1) is 5.92 Å². The third-order valence-electron chi connectivity index (χ3n) is 3.06. The molecule has 1 aromatic rings. The van der Waals surface area contributed by atoms with Crippen molar-refractivity contribution in [1.82, 2.24) is 10.2 Å². The van der Waals surface area contributed by atoms with Crippen molar-refractivity contribution >= 4 is 0 Å². The number of benzene rings is 1. The second-order valence-electron chi connectivity index (χ2n) is 4.52. The molecule has 0 saturated carbocycles. The molecule has 0 spiro atoms. The number of nitrogens with one attached hydrogen (secondary N) is 1. The standard InChI is InChI=1S/C13H20N2/c1-15(11-13-9-14-10-13)8-7-12-5-3-2-4-6-12/h2-6,13-14H,7-11H2,1H3. The molecular weight excluding hydrogens is 184 g/mol. The van der Waals surface area contributed by atoms with Crippen molar-refractivity contribution in [1.29, 1.82) is 0 Å². The molecule has 15 heavy (non-hydrogen) atoms. The Bertz CT molecular complexity index is 280. The van der Waals surface area contributed by atoms with Gasteiger partial charge in [-0.1, -0.05) is 30.3 Å². The normalized spacial score (nSPS) is 16.7. The fraction of sp³-hybridized carbons (Fsp3) is 0.538. The van der Waals surface area contributed by atoms with Crippen molar-refractivity contribution < 1.29 is 0 Å². The molecule has 0 atom stereocenters. The number of likely N-dealkylation sites (N-methyl/N-ethyl adjacent to an activating group) is 1. The Morgan fingerprint density at radius 2 is 2.00 bits per heavy atom. The number of rotatable bonds is 5. The summed E-state index contributed by atoms with van der Waals surface area (Å²) in [6.45, 7) is 4.81. The van der Waals surface area contributed by atoms with E-state index in [1.54, 1.807) is 0 Å². The Morgan fingerprint density at radius 1 is 1.27 bits per heavy atom. The second-order valence-corrected chi connectivity index (χ2v) is 4.52. The molecule has 1 fully saturated rings. The Balaban J connectivity index is 1.68. The molecule has 0 aromatic heterocycles. The van der Waals surface area contributed by atoms with E-state index in [9.17, 15) is 0 Å². The Labute approximate surface area is 92.3 Å². The SMILES string of the molecule is CN(CCc1ccccc1)CC1CNC1. The van der Waals surface area contributed by atoms with Gasteiger partial charge in [0.2, 0.25) is 0 Å². The van der Waals surface area contributed by atoms with Gasteiger partial charge < -0.3 is 10.2 Å². The summed E-state index contributed by atoms with van der Waals surface area (Å²) >= 11 is 0. The largest absolute Gasteiger partial charge is 0.316 e. The quantitative estimate of drug-likeness (QED) is 0.779. The smallest absolute Gasteiger partial charge is 0.00311 e. The molecule has 0 bridgehead atoms. The number of hydrogen-bond donors (Lipinski definition) is 1. The molecular formula is C13H20N2. The zero-order valence-corrected chi connectivity index (χ0v) is 9.45. The average Bonchev–Trinajstić information content (AvgIpc) is 2.22. The van der Waals surface area contributed by atoms with Crippen LogP contribution in [0.2, 0.25) is 0 Å². The van der Waals surface area contributed by atoms with Crippen molar-refractivity contribution in [3.8, 4) is 0 Å². The van der Waals surface area contributed by atoms with E-state index in [-0.39, 0.29) is 0 Å². The van der Waals surface area contributed by atoms with E-state index in [2.05, 4.69) is 47.6 Å². The molecule has 1 aliphatic rings. The molecule has 0 aliphatic carbocycles. The molecule has 0 radical (unpaired) electrons. The van der Waals surface area contributed by atoms with Gasteiger partial charge in [-0.2, -0.15) is 0 Å². The maximum Gasteiger partial charge on any atom is 0.00311 e. The summed E-state index contributed by atoms with van der Waals surface area (Å²) in [4.78, 5) is 2.44. The predicted molar refractivity (Wildman–Crippen MR) is 64.0 cm³/mol. The molecule has 0 unspecified atom stereocenters. The third kappa shape index (κ3) is 3.33. The zero-order chi connectivity index (χ0) is 10.5. The van der Waals surface area contributed by atoms with Crippen LogP contribution in [0.4, 0.5) is 0 Å². The Morgan fingerprint density at radius 3 is 2.60 bits per heavy atom. The van der Waals surface area contributed by atoms with E-state index < -0.39 is 0 Å². The van der Waals surface area contributed by atoms with Crippen molar-refractivity contribution in [2.24, 2.45) is 5.92 Å². The minimum atomic E-state index is 0.880. The van der Waals surface area contributed by atoms with Crippen LogP contribution in [-0.2, 0) is 6.42 Å². The highest BCUT2D eigenvalue weighted by atomic mass is 15.1. The van der Waals surface area contributed by atoms with Crippen molar-refractivity contribution in [2.45, 2.75) is 6.42 Å². The summed E-state index contributed by atoms with van der Waals surface area (Å²) in [7, 11) is 2.22. The number of hydrogen-bond acceptors (Lipinski definition) is 2. The van der Waals surface area contributed by atoms with Gasteiger partial charge in [-0.3, -0.25) is 0 Å². The van der Waals surface area contributed by atoms with Crippen LogP contribution in [0.15, 0.2) is 30.3 Å². The Kier molecular flexibility index (Phi) is 3.75. The van der Waals surface area contributed by atoms with E-state index in [1.165, 1.54) is 31.7 Å². The van der Waals surface area contributed by atoms with Gasteiger partial charge in [0.05, 0.1) is 0 Å². The number of nitrogens with zero attached hydrogens (tertiary/aromatic N) is 1. The lowest BCUT2D eigenvalue weighted by Crippen LogP contribution is -2.47. The average molecular weight is 204 g/mol. The molecule has 2 heteroatoms. The summed E-state index contributed by atoms with van der Waals surface area (Å²) < 4.78 is 0. The zero-order valence-electron chi connectivity index (χ0n) is 9.45. The summed E-state index contributed by atoms with van der Waals surface area (Å²) in [6, 6.07) is 10.7. The summed E-state index contributed by atoms with van der Waals surface area (Å²) in [5.41, 5.74) is 1.44. The van der Waals surface area contributed by atoms with E-state index in [0.717, 1.165) is 12.3 Å². The fourth-order valence-corrected chi connectivity index (χ4v) is 1.97. The minimum absolute atomic E-state index is 0.880. The summed E-state index contributed by atoms with van der Waals surface area (Å²) in [5.74, 6) is 0.880. The lowest BCUT2D eigenvalue weighted by atomic mass is 10.0. The molecule has 1 N–H and O–H groups in total. The van der Waals surface area contributed by atoms with Crippen LogP contribution in [0.5, 0.6) is 0 Å². The first-order chi connectivity index (χ1) is 7.34. The van der Waals surface area contributed by atoms with Crippen LogP contribution >= 0.6 is 0 Å². The van der Waals surface area contributed by atoms with E-state index in [1.807, 2.05) is 0 Å². The van der Waals surface area contributed by atoms with Gasteiger partial charge in [0.1, 0.15) is 0 Å². The van der Waals surface area contributed by atoms with Crippen LogP contribution in [0.3, 0.4) is 0 Å². The van der Waals surface area contributed by atoms with Gasteiger partial charge in [0, 0.05) is 26.2 Å². The molecule has 2 rings (SSSR count). The first-order valence-electron chi connectivity index (χ1n) is 5.78.